The number of nitrogens with zero attached hydrogens (tertiary/aromatic N) is 1. The van der Waals surface area contributed by atoms with E-state index in [-0.39, 0.29) is 0 Å². The molecule has 1 N–H and O–H groups in total. The number of hydrogen-bond donors (Lipinski definition) is 1. The normalized spacial score (nSPS) is 10.9. The first-order chi connectivity index (χ1) is 11.2. The molecule has 0 aliphatic carbocycles. The molecule has 0 saturated heterocycles. The van der Waals surface area contributed by atoms with Crippen LogP contribution < -0.4 is 5.32 Å². The minimum atomic E-state index is 0.295. The van der Waals surface area contributed by atoms with E-state index in [4.69, 9.17) is 0 Å². The number of carbonyl (C=O) groups excluding carboxylic acids is 1. The summed E-state index contributed by atoms with van der Waals surface area (Å²) < 4.78 is 0. The van der Waals surface area contributed by atoms with E-state index in [0.29, 0.717) is 5.91 Å². The van der Waals surface area contributed by atoms with Gasteiger partial charge in [-0.05, 0) is 13.5 Å². The Morgan fingerprint density at radius 1 is 0.783 bits per heavy atom. The Hall–Kier alpha value is -0.570. The molecule has 0 aromatic carbocycles. The van der Waals surface area contributed by atoms with Crippen LogP contribution in [0.5, 0.6) is 0 Å². The molecule has 0 aromatic heterocycles. The highest BCUT2D eigenvalue weighted by molar-refractivity contribution is 5.75. The van der Waals surface area contributed by atoms with Gasteiger partial charge in [-0.1, -0.05) is 84.0 Å². The Morgan fingerprint density at radius 2 is 1.22 bits per heavy atom. The molecule has 0 spiro atoms. The lowest BCUT2D eigenvalue weighted by atomic mass is 10.0. The Kier molecular flexibility index (Phi) is 17.3. The second-order valence-corrected chi connectivity index (χ2v) is 6.91. The molecule has 0 heterocycles. The van der Waals surface area contributed by atoms with E-state index < -0.39 is 0 Å². The number of unbranched alkanes of at least 4 members (excludes halogenated alkanes) is 12. The molecular weight excluding hydrogens is 284 g/mol. The van der Waals surface area contributed by atoms with Crippen molar-refractivity contribution in [2.24, 2.45) is 0 Å². The molecule has 0 aliphatic rings. The van der Waals surface area contributed by atoms with Crippen LogP contribution in [-0.2, 0) is 4.79 Å². The van der Waals surface area contributed by atoms with Gasteiger partial charge in [0.2, 0.25) is 5.91 Å². The molecule has 1 amide bonds. The molecule has 0 fully saturated rings. The third-order valence-corrected chi connectivity index (χ3v) is 4.62. The van der Waals surface area contributed by atoms with Gasteiger partial charge < -0.3 is 10.2 Å². The molecule has 0 radical (unpaired) electrons. The van der Waals surface area contributed by atoms with Crippen molar-refractivity contribution in [1.82, 2.24) is 10.2 Å². The number of carbonyl (C=O) groups is 1. The zero-order valence-electron chi connectivity index (χ0n) is 16.2. The zero-order valence-corrected chi connectivity index (χ0v) is 16.2. The van der Waals surface area contributed by atoms with Gasteiger partial charge in [-0.25, -0.2) is 0 Å². The number of likely N-dealkylation sites (N-methyl/N-ethyl adjacent to an activating group) is 2. The van der Waals surface area contributed by atoms with Gasteiger partial charge in [0.15, 0.2) is 0 Å². The van der Waals surface area contributed by atoms with E-state index in [1.807, 2.05) is 19.0 Å². The average molecular weight is 327 g/mol. The van der Waals surface area contributed by atoms with Gasteiger partial charge in [0.25, 0.3) is 0 Å². The second kappa shape index (κ2) is 17.8. The maximum absolute atomic E-state index is 11.8. The molecule has 0 aliphatic heterocycles. The van der Waals surface area contributed by atoms with Crippen molar-refractivity contribution in [2.45, 2.75) is 96.8 Å². The summed E-state index contributed by atoms with van der Waals surface area (Å²) in [6, 6.07) is 0. The van der Waals surface area contributed by atoms with E-state index >= 15 is 0 Å². The van der Waals surface area contributed by atoms with E-state index in [0.717, 1.165) is 25.9 Å². The fourth-order valence-electron chi connectivity index (χ4n) is 2.89. The van der Waals surface area contributed by atoms with Crippen LogP contribution in [0.4, 0.5) is 0 Å². The monoisotopic (exact) mass is 326 g/mol. The smallest absolute Gasteiger partial charge is 0.222 e. The van der Waals surface area contributed by atoms with Gasteiger partial charge >= 0.3 is 0 Å². The van der Waals surface area contributed by atoms with Gasteiger partial charge in [0.1, 0.15) is 0 Å². The lowest BCUT2D eigenvalue weighted by Gasteiger charge is -2.16. The first kappa shape index (κ1) is 22.4. The Bertz CT molecular complexity index is 256. The van der Waals surface area contributed by atoms with Crippen molar-refractivity contribution in [1.29, 1.82) is 0 Å². The largest absolute Gasteiger partial charge is 0.344 e. The van der Waals surface area contributed by atoms with Crippen molar-refractivity contribution in [3.05, 3.63) is 0 Å². The molecular formula is C20H42N2O. The van der Waals surface area contributed by atoms with Gasteiger partial charge in [-0.2, -0.15) is 0 Å². The summed E-state index contributed by atoms with van der Waals surface area (Å²) in [5, 5.41) is 3.08. The average Bonchev–Trinajstić information content (AvgIpc) is 2.56. The summed E-state index contributed by atoms with van der Waals surface area (Å²) in [7, 11) is 3.83. The summed E-state index contributed by atoms with van der Waals surface area (Å²) >= 11 is 0. The van der Waals surface area contributed by atoms with Crippen molar-refractivity contribution in [3.8, 4) is 0 Å². The third-order valence-electron chi connectivity index (χ3n) is 4.62. The van der Waals surface area contributed by atoms with Crippen LogP contribution in [0.15, 0.2) is 0 Å². The van der Waals surface area contributed by atoms with Crippen LogP contribution >= 0.6 is 0 Å². The van der Waals surface area contributed by atoms with Gasteiger partial charge in [-0.3, -0.25) is 4.79 Å². The Balaban J connectivity index is 3.19. The molecule has 3 heteroatoms. The van der Waals surface area contributed by atoms with Gasteiger partial charge in [-0.15, -0.1) is 0 Å². The quantitative estimate of drug-likeness (QED) is 0.375. The van der Waals surface area contributed by atoms with E-state index in [1.165, 1.54) is 77.0 Å². The summed E-state index contributed by atoms with van der Waals surface area (Å²) in [6.45, 7) is 3.97. The van der Waals surface area contributed by atoms with Crippen LogP contribution in [0.25, 0.3) is 0 Å². The summed E-state index contributed by atoms with van der Waals surface area (Å²) in [5.74, 6) is 0.295. The van der Waals surface area contributed by atoms with Crippen LogP contribution in [0.3, 0.4) is 0 Å². The number of nitrogens with one attached hydrogen (secondary N) is 1. The molecule has 0 aromatic rings. The molecule has 0 saturated carbocycles. The lowest BCUT2D eigenvalue weighted by molar-refractivity contribution is -0.129. The van der Waals surface area contributed by atoms with E-state index in [9.17, 15) is 4.79 Å². The first-order valence-corrected chi connectivity index (χ1v) is 10.1. The number of hydrogen-bond acceptors (Lipinski definition) is 2. The molecule has 0 bridgehead atoms. The fourth-order valence-corrected chi connectivity index (χ4v) is 2.89. The van der Waals surface area contributed by atoms with Crippen molar-refractivity contribution < 1.29 is 4.79 Å². The van der Waals surface area contributed by atoms with E-state index in [2.05, 4.69) is 12.2 Å². The molecule has 0 atom stereocenters. The van der Waals surface area contributed by atoms with E-state index in [1.54, 1.807) is 0 Å². The zero-order chi connectivity index (χ0) is 17.2. The summed E-state index contributed by atoms with van der Waals surface area (Å²) in [4.78, 5) is 13.7. The Labute approximate surface area is 145 Å². The van der Waals surface area contributed by atoms with Crippen LogP contribution in [-0.4, -0.2) is 38.0 Å². The number of rotatable bonds is 17. The minimum Gasteiger partial charge on any atom is -0.344 e. The topological polar surface area (TPSA) is 32.3 Å². The van der Waals surface area contributed by atoms with Crippen molar-refractivity contribution in [2.75, 3.05) is 27.2 Å². The van der Waals surface area contributed by atoms with Crippen molar-refractivity contribution in [3.63, 3.8) is 0 Å². The van der Waals surface area contributed by atoms with Crippen LogP contribution in [0.2, 0.25) is 0 Å². The summed E-state index contributed by atoms with van der Waals surface area (Å²) in [6.07, 6.45) is 18.3. The van der Waals surface area contributed by atoms with Gasteiger partial charge in [0, 0.05) is 26.6 Å². The fraction of sp³-hybridized carbons (Fsp3) is 0.950. The SMILES string of the molecule is CCCCCCCCCCCCCCCC(=O)N(C)CCNC. The Morgan fingerprint density at radius 3 is 1.65 bits per heavy atom. The molecule has 138 valence electrons. The first-order valence-electron chi connectivity index (χ1n) is 10.1. The third kappa shape index (κ3) is 16.1. The predicted molar refractivity (Wildman–Crippen MR) is 102 cm³/mol. The summed E-state index contributed by atoms with van der Waals surface area (Å²) in [5.41, 5.74) is 0. The highest BCUT2D eigenvalue weighted by Gasteiger charge is 2.06. The second-order valence-electron chi connectivity index (χ2n) is 6.91. The molecule has 0 rings (SSSR count). The van der Waals surface area contributed by atoms with Crippen LogP contribution in [0.1, 0.15) is 96.8 Å². The highest BCUT2D eigenvalue weighted by Crippen LogP contribution is 2.13. The maximum atomic E-state index is 11.8. The lowest BCUT2D eigenvalue weighted by Crippen LogP contribution is -2.32. The molecule has 0 unspecified atom stereocenters. The molecule has 23 heavy (non-hydrogen) atoms. The predicted octanol–water partition coefficient (Wildman–Crippen LogP) is 5.15. The standard InChI is InChI=1S/C20H42N2O/c1-4-5-6-7-8-9-10-11-12-13-14-15-16-17-20(23)22(3)19-18-21-2/h21H,4-19H2,1-3H3. The number of amides is 1. The van der Waals surface area contributed by atoms with Crippen LogP contribution in [0, 0.1) is 0 Å². The maximum Gasteiger partial charge on any atom is 0.222 e. The highest BCUT2D eigenvalue weighted by atomic mass is 16.2. The molecule has 3 nitrogen and oxygen atoms in total. The van der Waals surface area contributed by atoms with Gasteiger partial charge in [0.05, 0.1) is 0 Å². The minimum absolute atomic E-state index is 0.295. The van der Waals surface area contributed by atoms with Crippen molar-refractivity contribution >= 4 is 5.91 Å².